The molecule has 2 amide bonds. The average Bonchev–Trinajstić information content (AvgIpc) is 3.16. The molecular formula is C24H22N2O2S. The molecule has 4 rings (SSSR count). The number of carbonyl (C=O) groups is 2. The lowest BCUT2D eigenvalue weighted by molar-refractivity contribution is -0.116. The number of aryl methyl sites for hydroxylation is 1. The monoisotopic (exact) mass is 402 g/mol. The van der Waals surface area contributed by atoms with Gasteiger partial charge in [-0.15, -0.1) is 11.8 Å². The van der Waals surface area contributed by atoms with Gasteiger partial charge in [-0.05, 0) is 55.3 Å². The van der Waals surface area contributed by atoms with E-state index < -0.39 is 0 Å². The van der Waals surface area contributed by atoms with Crippen molar-refractivity contribution in [1.29, 1.82) is 0 Å². The zero-order chi connectivity index (χ0) is 20.2. The van der Waals surface area contributed by atoms with Gasteiger partial charge in [0.2, 0.25) is 5.91 Å². The minimum Gasteiger partial charge on any atom is -0.322 e. The maximum atomic E-state index is 12.7. The summed E-state index contributed by atoms with van der Waals surface area (Å²) < 4.78 is 0. The summed E-state index contributed by atoms with van der Waals surface area (Å²) >= 11 is 1.49. The van der Waals surface area contributed by atoms with Crippen LogP contribution in [-0.4, -0.2) is 24.1 Å². The van der Waals surface area contributed by atoms with E-state index in [1.54, 1.807) is 6.07 Å². The van der Waals surface area contributed by atoms with Crippen LogP contribution in [0.3, 0.4) is 0 Å². The van der Waals surface area contributed by atoms with Crippen molar-refractivity contribution < 1.29 is 9.59 Å². The Kier molecular flexibility index (Phi) is 5.67. The number of hydrogen-bond donors (Lipinski definition) is 1. The first-order valence-electron chi connectivity index (χ1n) is 9.59. The van der Waals surface area contributed by atoms with Crippen LogP contribution < -0.4 is 10.2 Å². The number of nitrogens with zero attached hydrogens (tertiary/aromatic N) is 1. The average molecular weight is 403 g/mol. The molecule has 1 aliphatic heterocycles. The summed E-state index contributed by atoms with van der Waals surface area (Å²) in [7, 11) is 0. The predicted octanol–water partition coefficient (Wildman–Crippen LogP) is 4.93. The number of thioether (sulfide) groups is 1. The number of anilines is 2. The van der Waals surface area contributed by atoms with Gasteiger partial charge < -0.3 is 10.2 Å². The molecule has 0 unspecified atom stereocenters. The normalized spacial score (nSPS) is 12.5. The van der Waals surface area contributed by atoms with Gasteiger partial charge in [-0.3, -0.25) is 9.59 Å². The van der Waals surface area contributed by atoms with Crippen molar-refractivity contribution in [1.82, 2.24) is 0 Å². The Bertz CT molecular complexity index is 1060. The summed E-state index contributed by atoms with van der Waals surface area (Å²) in [6.45, 7) is 2.70. The molecule has 0 saturated heterocycles. The minimum atomic E-state index is -0.138. The first-order chi connectivity index (χ1) is 14.1. The minimum absolute atomic E-state index is 0.106. The zero-order valence-corrected chi connectivity index (χ0v) is 17.0. The van der Waals surface area contributed by atoms with E-state index in [0.717, 1.165) is 34.8 Å². The molecule has 0 atom stereocenters. The van der Waals surface area contributed by atoms with Crippen LogP contribution in [0.2, 0.25) is 0 Å². The van der Waals surface area contributed by atoms with E-state index in [1.165, 1.54) is 17.3 Å². The van der Waals surface area contributed by atoms with Crippen LogP contribution in [-0.2, 0) is 11.2 Å². The first-order valence-corrected chi connectivity index (χ1v) is 10.6. The molecule has 0 saturated carbocycles. The molecule has 0 bridgehead atoms. The molecule has 3 aromatic carbocycles. The third-order valence-corrected chi connectivity index (χ3v) is 5.90. The summed E-state index contributed by atoms with van der Waals surface area (Å²) in [6, 6.07) is 23.2. The highest BCUT2D eigenvalue weighted by atomic mass is 32.2. The summed E-state index contributed by atoms with van der Waals surface area (Å²) in [6.07, 6.45) is 0.910. The molecule has 1 N–H and O–H groups in total. The summed E-state index contributed by atoms with van der Waals surface area (Å²) in [4.78, 5) is 28.0. The van der Waals surface area contributed by atoms with Crippen molar-refractivity contribution in [3.63, 3.8) is 0 Å². The van der Waals surface area contributed by atoms with Gasteiger partial charge in [0.05, 0.1) is 5.75 Å². The Balaban J connectivity index is 1.38. The maximum Gasteiger partial charge on any atom is 0.255 e. The highest BCUT2D eigenvalue weighted by Gasteiger charge is 2.23. The molecule has 5 heteroatoms. The Morgan fingerprint density at radius 2 is 1.83 bits per heavy atom. The molecule has 29 heavy (non-hydrogen) atoms. The van der Waals surface area contributed by atoms with Crippen LogP contribution in [0.1, 0.15) is 21.5 Å². The number of nitrogens with one attached hydrogen (secondary N) is 1. The molecule has 0 spiro atoms. The quantitative estimate of drug-likeness (QED) is 0.616. The van der Waals surface area contributed by atoms with Gasteiger partial charge in [0.1, 0.15) is 0 Å². The molecule has 3 aromatic rings. The number of rotatable bonds is 5. The van der Waals surface area contributed by atoms with Crippen LogP contribution in [0.15, 0.2) is 77.7 Å². The van der Waals surface area contributed by atoms with Crippen molar-refractivity contribution in [2.45, 2.75) is 18.2 Å². The van der Waals surface area contributed by atoms with Crippen molar-refractivity contribution in [2.75, 3.05) is 22.5 Å². The van der Waals surface area contributed by atoms with E-state index in [2.05, 4.69) is 11.4 Å². The topological polar surface area (TPSA) is 49.4 Å². The second kappa shape index (κ2) is 8.53. The lowest BCUT2D eigenvalue weighted by Crippen LogP contribution is -2.30. The largest absolute Gasteiger partial charge is 0.322 e. The number of fused-ring (bicyclic) bond motifs is 1. The van der Waals surface area contributed by atoms with Crippen LogP contribution in [0, 0.1) is 6.92 Å². The van der Waals surface area contributed by atoms with E-state index in [0.29, 0.717) is 11.3 Å². The Morgan fingerprint density at radius 1 is 1.00 bits per heavy atom. The second-order valence-electron chi connectivity index (χ2n) is 7.06. The van der Waals surface area contributed by atoms with Crippen molar-refractivity contribution >= 4 is 35.0 Å². The van der Waals surface area contributed by atoms with E-state index >= 15 is 0 Å². The third kappa shape index (κ3) is 4.51. The van der Waals surface area contributed by atoms with Crippen LogP contribution >= 0.6 is 11.8 Å². The number of para-hydroxylation sites is 1. The highest BCUT2D eigenvalue weighted by molar-refractivity contribution is 8.00. The number of benzene rings is 3. The van der Waals surface area contributed by atoms with E-state index in [-0.39, 0.29) is 11.8 Å². The molecule has 1 heterocycles. The van der Waals surface area contributed by atoms with Gasteiger partial charge in [0.15, 0.2) is 0 Å². The molecule has 146 valence electrons. The SMILES string of the molecule is Cc1cccc(C(=O)Nc2cccc(SCC(=O)N3CCc4ccccc43)c2)c1. The van der Waals surface area contributed by atoms with Crippen molar-refractivity contribution in [3.8, 4) is 0 Å². The van der Waals surface area contributed by atoms with Gasteiger partial charge in [-0.1, -0.05) is 42.0 Å². The molecule has 0 radical (unpaired) electrons. The van der Waals surface area contributed by atoms with E-state index in [1.807, 2.05) is 72.5 Å². The Hall–Kier alpha value is -3.05. The van der Waals surface area contributed by atoms with Crippen LogP contribution in [0.25, 0.3) is 0 Å². The lowest BCUT2D eigenvalue weighted by atomic mass is 10.1. The molecule has 0 aliphatic carbocycles. The summed E-state index contributed by atoms with van der Waals surface area (Å²) in [5.41, 5.74) is 4.65. The number of hydrogen-bond acceptors (Lipinski definition) is 3. The highest BCUT2D eigenvalue weighted by Crippen LogP contribution is 2.29. The second-order valence-corrected chi connectivity index (χ2v) is 8.11. The molecule has 0 aromatic heterocycles. The predicted molar refractivity (Wildman–Crippen MR) is 119 cm³/mol. The van der Waals surface area contributed by atoms with E-state index in [9.17, 15) is 9.59 Å². The van der Waals surface area contributed by atoms with Crippen LogP contribution in [0.4, 0.5) is 11.4 Å². The fraction of sp³-hybridized carbons (Fsp3) is 0.167. The Labute approximate surface area is 174 Å². The lowest BCUT2D eigenvalue weighted by Gasteiger charge is -2.17. The fourth-order valence-electron chi connectivity index (χ4n) is 3.47. The van der Waals surface area contributed by atoms with Gasteiger partial charge in [0.25, 0.3) is 5.91 Å². The van der Waals surface area contributed by atoms with Gasteiger partial charge in [-0.25, -0.2) is 0 Å². The third-order valence-electron chi connectivity index (χ3n) is 4.92. The number of amides is 2. The molecule has 0 fully saturated rings. The van der Waals surface area contributed by atoms with Gasteiger partial charge >= 0.3 is 0 Å². The summed E-state index contributed by atoms with van der Waals surface area (Å²) in [5.74, 6) is 0.332. The first kappa shape index (κ1) is 19.3. The van der Waals surface area contributed by atoms with E-state index in [4.69, 9.17) is 0 Å². The standard InChI is InChI=1S/C24H22N2O2S/c1-17-6-4-8-19(14-17)24(28)25-20-9-5-10-21(15-20)29-16-23(27)26-13-12-18-7-2-3-11-22(18)26/h2-11,14-15H,12-13,16H2,1H3,(H,25,28). The van der Waals surface area contributed by atoms with Crippen molar-refractivity contribution in [3.05, 3.63) is 89.5 Å². The fourth-order valence-corrected chi connectivity index (χ4v) is 4.30. The Morgan fingerprint density at radius 3 is 2.69 bits per heavy atom. The zero-order valence-electron chi connectivity index (χ0n) is 16.2. The molecular weight excluding hydrogens is 380 g/mol. The molecule has 4 nitrogen and oxygen atoms in total. The smallest absolute Gasteiger partial charge is 0.255 e. The number of carbonyl (C=O) groups excluding carboxylic acids is 2. The van der Waals surface area contributed by atoms with Crippen molar-refractivity contribution in [2.24, 2.45) is 0 Å². The summed E-state index contributed by atoms with van der Waals surface area (Å²) in [5, 5.41) is 2.93. The molecule has 1 aliphatic rings. The van der Waals surface area contributed by atoms with Crippen LogP contribution in [0.5, 0.6) is 0 Å². The van der Waals surface area contributed by atoms with Gasteiger partial charge in [-0.2, -0.15) is 0 Å². The van der Waals surface area contributed by atoms with Gasteiger partial charge in [0, 0.05) is 28.4 Å². The maximum absolute atomic E-state index is 12.7.